The average Bonchev–Trinajstić information content (AvgIpc) is 3.43. The maximum atomic E-state index is 14.3. The van der Waals surface area contributed by atoms with Crippen molar-refractivity contribution in [2.45, 2.75) is 64.4 Å². The minimum absolute atomic E-state index is 0.0486. The number of rotatable bonds is 7. The number of hydrogen-bond acceptors (Lipinski definition) is 5. The molecular weight excluding hydrogens is 477 g/mol. The Morgan fingerprint density at radius 3 is 2.91 bits per heavy atom. The molecule has 1 N–H and O–H groups in total. The molecule has 2 amide bonds. The van der Waals surface area contributed by atoms with Gasteiger partial charge < -0.3 is 24.3 Å². The van der Waals surface area contributed by atoms with Crippen molar-refractivity contribution in [2.24, 2.45) is 0 Å². The second-order valence-electron chi connectivity index (χ2n) is 9.20. The van der Waals surface area contributed by atoms with Crippen molar-refractivity contribution in [3.8, 4) is 5.75 Å². The number of benzene rings is 1. The molecule has 1 aromatic carbocycles. The first-order valence-corrected chi connectivity index (χ1v) is 12.3. The van der Waals surface area contributed by atoms with E-state index >= 15 is 0 Å². The smallest absolute Gasteiger partial charge is 0.276 e. The highest BCUT2D eigenvalue weighted by Gasteiger charge is 2.50. The van der Waals surface area contributed by atoms with Gasteiger partial charge in [0.05, 0.1) is 23.8 Å². The summed E-state index contributed by atoms with van der Waals surface area (Å²) in [5.74, 6) is -1.69. The Balaban J connectivity index is 1.57. The van der Waals surface area contributed by atoms with E-state index in [1.807, 2.05) is 13.8 Å². The van der Waals surface area contributed by atoms with Gasteiger partial charge in [0.25, 0.3) is 11.8 Å². The molecule has 8 nitrogen and oxygen atoms in total. The van der Waals surface area contributed by atoms with Gasteiger partial charge in [0.1, 0.15) is 11.4 Å². The predicted molar refractivity (Wildman–Crippen MR) is 126 cm³/mol. The van der Waals surface area contributed by atoms with Gasteiger partial charge in [0, 0.05) is 24.3 Å². The average molecular weight is 504 g/mol. The van der Waals surface area contributed by atoms with Crippen LogP contribution in [-0.4, -0.2) is 46.8 Å². The van der Waals surface area contributed by atoms with Gasteiger partial charge in [-0.3, -0.25) is 14.4 Å². The summed E-state index contributed by atoms with van der Waals surface area (Å²) in [6, 6.07) is 4.31. The Hall–Kier alpha value is -2.91. The highest BCUT2D eigenvalue weighted by atomic mass is 35.5. The fourth-order valence-electron chi connectivity index (χ4n) is 5.22. The molecule has 4 heterocycles. The lowest BCUT2D eigenvalue weighted by Gasteiger charge is -2.37. The van der Waals surface area contributed by atoms with Gasteiger partial charge in [-0.1, -0.05) is 37.1 Å². The Kier molecular flexibility index (Phi) is 6.31. The predicted octanol–water partition coefficient (Wildman–Crippen LogP) is 3.44. The zero-order chi connectivity index (χ0) is 24.9. The van der Waals surface area contributed by atoms with E-state index in [4.69, 9.17) is 21.1 Å². The lowest BCUT2D eigenvalue weighted by atomic mass is 10.1. The minimum atomic E-state index is -0.642. The van der Waals surface area contributed by atoms with Crippen molar-refractivity contribution in [3.05, 3.63) is 61.8 Å². The Morgan fingerprint density at radius 1 is 1.34 bits per heavy atom. The first-order valence-electron chi connectivity index (χ1n) is 11.9. The van der Waals surface area contributed by atoms with Gasteiger partial charge in [-0.05, 0) is 32.3 Å². The number of carbonyl (C=O) groups excluding carboxylic acids is 2. The molecule has 2 aromatic rings. The summed E-state index contributed by atoms with van der Waals surface area (Å²) in [4.78, 5) is 42.1. The molecular formula is C25H27ClFN3O5. The number of amides is 2. The standard InChI is InChI=1S/C25H27ClFN3O5/c1-3-4-10-34-22-20-24(33)29-12-13(2)35-25(29)17-9-8-16(30(17)20)18(21(22)31)23(32)28-11-14-6-5-7-15(26)19(14)27/h5-7,13,17,25H,3-4,8-12H2,1-2H3,(H,28,32)/t13-,17?,25?/m0/s1. The maximum absolute atomic E-state index is 14.3. The molecule has 35 heavy (non-hydrogen) atoms. The Morgan fingerprint density at radius 2 is 2.14 bits per heavy atom. The molecule has 186 valence electrons. The van der Waals surface area contributed by atoms with E-state index in [0.29, 0.717) is 31.5 Å². The van der Waals surface area contributed by atoms with E-state index in [1.54, 1.807) is 15.5 Å². The van der Waals surface area contributed by atoms with Crippen molar-refractivity contribution < 1.29 is 23.5 Å². The number of nitrogens with zero attached hydrogens (tertiary/aromatic N) is 2. The highest BCUT2D eigenvalue weighted by Crippen LogP contribution is 2.43. The van der Waals surface area contributed by atoms with Crippen LogP contribution in [0.25, 0.3) is 0 Å². The number of nitrogens with one attached hydrogen (secondary N) is 1. The normalized spacial score (nSPS) is 22.2. The lowest BCUT2D eigenvalue weighted by Crippen LogP contribution is -2.49. The fourth-order valence-corrected chi connectivity index (χ4v) is 5.41. The molecule has 3 aliphatic rings. The molecule has 3 aliphatic heterocycles. The molecule has 5 rings (SSSR count). The summed E-state index contributed by atoms with van der Waals surface area (Å²) in [6.07, 6.45) is 2.01. The third-order valence-corrected chi connectivity index (χ3v) is 7.14. The molecule has 0 radical (unpaired) electrons. The highest BCUT2D eigenvalue weighted by molar-refractivity contribution is 6.30. The number of pyridine rings is 1. The van der Waals surface area contributed by atoms with Crippen LogP contribution < -0.4 is 15.5 Å². The van der Waals surface area contributed by atoms with Crippen LogP contribution in [0.5, 0.6) is 5.75 Å². The number of carbonyl (C=O) groups is 2. The second-order valence-corrected chi connectivity index (χ2v) is 9.60. The molecule has 3 atom stereocenters. The van der Waals surface area contributed by atoms with Gasteiger partial charge in [-0.15, -0.1) is 0 Å². The summed E-state index contributed by atoms with van der Waals surface area (Å²) in [7, 11) is 0. The summed E-state index contributed by atoms with van der Waals surface area (Å²) >= 11 is 5.85. The van der Waals surface area contributed by atoms with Crippen LogP contribution >= 0.6 is 11.6 Å². The van der Waals surface area contributed by atoms with E-state index in [9.17, 15) is 18.8 Å². The van der Waals surface area contributed by atoms with Crippen molar-refractivity contribution >= 4 is 23.4 Å². The van der Waals surface area contributed by atoms with Crippen LogP contribution in [0.3, 0.4) is 0 Å². The van der Waals surface area contributed by atoms with Crippen LogP contribution in [0.4, 0.5) is 4.39 Å². The van der Waals surface area contributed by atoms with Crippen molar-refractivity contribution in [1.29, 1.82) is 0 Å². The Bertz CT molecular complexity index is 1260. The van der Waals surface area contributed by atoms with Crippen molar-refractivity contribution in [1.82, 2.24) is 14.8 Å². The molecule has 2 unspecified atom stereocenters. The summed E-state index contributed by atoms with van der Waals surface area (Å²) in [5, 5.41) is 2.60. The molecule has 1 aromatic heterocycles. The van der Waals surface area contributed by atoms with Crippen LogP contribution in [0.1, 0.15) is 71.3 Å². The zero-order valence-electron chi connectivity index (χ0n) is 19.6. The van der Waals surface area contributed by atoms with Crippen molar-refractivity contribution in [2.75, 3.05) is 13.2 Å². The van der Waals surface area contributed by atoms with Gasteiger partial charge >= 0.3 is 0 Å². The molecule has 1 fully saturated rings. The topological polar surface area (TPSA) is 89.9 Å². The number of unbranched alkanes of at least 4 members (excludes halogenated alkanes) is 1. The van der Waals surface area contributed by atoms with Gasteiger partial charge in [0.15, 0.2) is 17.7 Å². The molecule has 0 bridgehead atoms. The first kappa shape index (κ1) is 23.8. The second kappa shape index (κ2) is 9.28. The fraction of sp³-hybridized carbons (Fsp3) is 0.480. The maximum Gasteiger partial charge on any atom is 0.276 e. The molecule has 1 saturated heterocycles. The van der Waals surface area contributed by atoms with E-state index in [2.05, 4.69) is 5.32 Å². The van der Waals surface area contributed by atoms with Crippen LogP contribution in [0, 0.1) is 5.82 Å². The monoisotopic (exact) mass is 503 g/mol. The Labute approximate surface area is 206 Å². The summed E-state index contributed by atoms with van der Waals surface area (Å²) < 4.78 is 28.0. The molecule has 0 saturated carbocycles. The van der Waals surface area contributed by atoms with Crippen molar-refractivity contribution in [3.63, 3.8) is 0 Å². The van der Waals surface area contributed by atoms with Gasteiger partial charge in [-0.25, -0.2) is 4.39 Å². The van der Waals surface area contributed by atoms with Crippen LogP contribution in [-0.2, 0) is 17.7 Å². The van der Waals surface area contributed by atoms with E-state index < -0.39 is 23.4 Å². The summed E-state index contributed by atoms with van der Waals surface area (Å²) in [6.45, 7) is 4.44. The third-order valence-electron chi connectivity index (χ3n) is 6.84. The first-order chi connectivity index (χ1) is 16.8. The largest absolute Gasteiger partial charge is 0.487 e. The van der Waals surface area contributed by atoms with Gasteiger partial charge in [-0.2, -0.15) is 0 Å². The number of halogens is 2. The van der Waals surface area contributed by atoms with E-state index in [-0.39, 0.29) is 58.8 Å². The number of ether oxygens (including phenoxy) is 2. The van der Waals surface area contributed by atoms with Crippen LogP contribution in [0.15, 0.2) is 23.0 Å². The molecule has 0 aliphatic carbocycles. The quantitative estimate of drug-likeness (QED) is 0.585. The lowest BCUT2D eigenvalue weighted by molar-refractivity contribution is -0.0309. The van der Waals surface area contributed by atoms with Gasteiger partial charge in [0.2, 0.25) is 5.43 Å². The van der Waals surface area contributed by atoms with E-state index in [1.165, 1.54) is 12.1 Å². The number of hydrogen-bond donors (Lipinski definition) is 1. The summed E-state index contributed by atoms with van der Waals surface area (Å²) in [5.41, 5.74) is 0.189. The third kappa shape index (κ3) is 3.90. The molecule has 10 heteroatoms. The SMILES string of the molecule is CCCCOc1c2n3c(c(C(=O)NCc4cccc(Cl)c4F)c1=O)CCC3C1O[C@@H](C)CN1C2=O. The minimum Gasteiger partial charge on any atom is -0.487 e. The van der Waals surface area contributed by atoms with Crippen LogP contribution in [0.2, 0.25) is 5.02 Å². The zero-order valence-corrected chi connectivity index (χ0v) is 20.4. The van der Waals surface area contributed by atoms with E-state index in [0.717, 1.165) is 6.42 Å². The number of aromatic nitrogens is 1. The molecule has 0 spiro atoms. The number of fused-ring (bicyclic) bond motifs is 2.